The molecule has 7 nitrogen and oxygen atoms in total. The van der Waals surface area contributed by atoms with Crippen LogP contribution in [0.5, 0.6) is 0 Å². The second kappa shape index (κ2) is 9.96. The van der Waals surface area contributed by atoms with Crippen LogP contribution in [0.1, 0.15) is 48.7 Å². The first-order chi connectivity index (χ1) is 14.5. The Morgan fingerprint density at radius 1 is 1.06 bits per heavy atom. The fourth-order valence-electron chi connectivity index (χ4n) is 3.34. The Hall–Kier alpha value is -2.87. The molecular weight excluding hydrogens is 414 g/mol. The van der Waals surface area contributed by atoms with Gasteiger partial charge in [0.2, 0.25) is 15.9 Å². The quantitative estimate of drug-likeness (QED) is 0.649. The van der Waals surface area contributed by atoms with Crippen LogP contribution in [-0.4, -0.2) is 38.6 Å². The largest absolute Gasteiger partial charge is 0.350 e. The van der Waals surface area contributed by atoms with Crippen molar-refractivity contribution in [3.63, 3.8) is 0 Å². The Morgan fingerprint density at radius 2 is 1.71 bits per heavy atom. The molecule has 0 bridgehead atoms. The molecule has 0 saturated carbocycles. The molecular formula is C23H31N3O4S. The first kappa shape index (κ1) is 24.4. The summed E-state index contributed by atoms with van der Waals surface area (Å²) in [6.45, 7) is 9.13. The topological polar surface area (TPSA) is 95.6 Å². The van der Waals surface area contributed by atoms with Crippen molar-refractivity contribution in [3.05, 3.63) is 59.2 Å². The van der Waals surface area contributed by atoms with Crippen LogP contribution >= 0.6 is 0 Å². The van der Waals surface area contributed by atoms with Crippen LogP contribution < -0.4 is 14.9 Å². The lowest BCUT2D eigenvalue weighted by molar-refractivity contribution is -0.117. The van der Waals surface area contributed by atoms with Gasteiger partial charge in [-0.05, 0) is 63.4 Å². The molecule has 2 aromatic carbocycles. The van der Waals surface area contributed by atoms with E-state index in [9.17, 15) is 18.0 Å². The van der Waals surface area contributed by atoms with E-state index in [0.29, 0.717) is 16.9 Å². The molecule has 2 amide bonds. The molecule has 0 aliphatic carbocycles. The summed E-state index contributed by atoms with van der Waals surface area (Å²) >= 11 is 0. The average Bonchev–Trinajstić information content (AvgIpc) is 2.67. The maximum absolute atomic E-state index is 13.2. The lowest BCUT2D eigenvalue weighted by Gasteiger charge is -2.31. The Kier molecular flexibility index (Phi) is 7.84. The van der Waals surface area contributed by atoms with Crippen LogP contribution in [-0.2, 0) is 14.8 Å². The van der Waals surface area contributed by atoms with E-state index in [1.807, 2.05) is 39.8 Å². The summed E-state index contributed by atoms with van der Waals surface area (Å²) in [7, 11) is -3.75. The van der Waals surface area contributed by atoms with Crippen molar-refractivity contribution >= 4 is 33.2 Å². The molecule has 0 saturated heterocycles. The number of nitrogens with one attached hydrogen (secondary N) is 2. The lowest BCUT2D eigenvalue weighted by Crippen LogP contribution is -2.47. The normalized spacial score (nSPS) is 12.4. The van der Waals surface area contributed by atoms with Crippen molar-refractivity contribution in [1.82, 2.24) is 5.32 Å². The fourth-order valence-corrected chi connectivity index (χ4v) is 4.60. The van der Waals surface area contributed by atoms with Crippen LogP contribution in [0.25, 0.3) is 0 Å². The van der Waals surface area contributed by atoms with Crippen molar-refractivity contribution in [2.75, 3.05) is 15.9 Å². The molecule has 0 aliphatic heterocycles. The molecule has 0 heterocycles. The summed E-state index contributed by atoms with van der Waals surface area (Å²) in [6.07, 6.45) is 1.35. The zero-order valence-electron chi connectivity index (χ0n) is 18.9. The molecule has 168 valence electrons. The van der Waals surface area contributed by atoms with E-state index in [4.69, 9.17) is 0 Å². The molecule has 2 N–H and O–H groups in total. The second-order valence-corrected chi connectivity index (χ2v) is 9.80. The summed E-state index contributed by atoms with van der Waals surface area (Å²) in [4.78, 5) is 25.8. The average molecular weight is 446 g/mol. The number of amides is 2. The van der Waals surface area contributed by atoms with E-state index in [2.05, 4.69) is 10.6 Å². The predicted octanol–water partition coefficient (Wildman–Crippen LogP) is 3.62. The SMILES string of the molecule is CCC(C(=O)Nc1ccccc1C(=O)NC(C)C)N(c1cc(C)ccc1C)S(C)(=O)=O. The maximum atomic E-state index is 13.2. The van der Waals surface area contributed by atoms with Crippen LogP contribution in [0.4, 0.5) is 11.4 Å². The van der Waals surface area contributed by atoms with Gasteiger partial charge >= 0.3 is 0 Å². The van der Waals surface area contributed by atoms with Crippen molar-refractivity contribution < 1.29 is 18.0 Å². The van der Waals surface area contributed by atoms with Crippen molar-refractivity contribution in [2.24, 2.45) is 0 Å². The molecule has 2 aromatic rings. The van der Waals surface area contributed by atoms with Gasteiger partial charge in [-0.3, -0.25) is 13.9 Å². The first-order valence-electron chi connectivity index (χ1n) is 10.2. The van der Waals surface area contributed by atoms with Gasteiger partial charge in [0.25, 0.3) is 5.91 Å². The van der Waals surface area contributed by atoms with Gasteiger partial charge in [0.05, 0.1) is 23.2 Å². The molecule has 0 aliphatic rings. The van der Waals surface area contributed by atoms with Gasteiger partial charge in [-0.2, -0.15) is 0 Å². The zero-order valence-corrected chi connectivity index (χ0v) is 19.7. The molecule has 31 heavy (non-hydrogen) atoms. The van der Waals surface area contributed by atoms with E-state index < -0.39 is 22.0 Å². The van der Waals surface area contributed by atoms with E-state index in [-0.39, 0.29) is 18.4 Å². The van der Waals surface area contributed by atoms with Crippen LogP contribution in [0, 0.1) is 13.8 Å². The smallest absolute Gasteiger partial charge is 0.253 e. The van der Waals surface area contributed by atoms with Gasteiger partial charge in [0.1, 0.15) is 6.04 Å². The summed E-state index contributed by atoms with van der Waals surface area (Å²) in [5.41, 5.74) is 2.75. The summed E-state index contributed by atoms with van der Waals surface area (Å²) in [5, 5.41) is 5.57. The third-order valence-corrected chi connectivity index (χ3v) is 5.95. The van der Waals surface area contributed by atoms with Crippen molar-refractivity contribution in [3.8, 4) is 0 Å². The highest BCUT2D eigenvalue weighted by atomic mass is 32.2. The van der Waals surface area contributed by atoms with Crippen molar-refractivity contribution in [2.45, 2.75) is 53.1 Å². The van der Waals surface area contributed by atoms with Gasteiger partial charge in [-0.25, -0.2) is 8.42 Å². The van der Waals surface area contributed by atoms with Gasteiger partial charge in [0.15, 0.2) is 0 Å². The monoisotopic (exact) mass is 445 g/mol. The van der Waals surface area contributed by atoms with Gasteiger partial charge in [-0.1, -0.05) is 31.2 Å². The number of benzene rings is 2. The van der Waals surface area contributed by atoms with E-state index in [1.54, 1.807) is 37.3 Å². The molecule has 0 radical (unpaired) electrons. The summed E-state index contributed by atoms with van der Waals surface area (Å²) in [5.74, 6) is -0.813. The number of anilines is 2. The number of hydrogen-bond acceptors (Lipinski definition) is 4. The number of carbonyl (C=O) groups is 2. The molecule has 8 heteroatoms. The van der Waals surface area contributed by atoms with E-state index >= 15 is 0 Å². The number of carbonyl (C=O) groups excluding carboxylic acids is 2. The third kappa shape index (κ3) is 6.07. The van der Waals surface area contributed by atoms with Crippen LogP contribution in [0.15, 0.2) is 42.5 Å². The Bertz CT molecular complexity index is 1060. The maximum Gasteiger partial charge on any atom is 0.253 e. The molecule has 1 atom stereocenters. The Balaban J connectivity index is 2.45. The molecule has 0 fully saturated rings. The lowest BCUT2D eigenvalue weighted by atomic mass is 10.1. The Morgan fingerprint density at radius 3 is 2.29 bits per heavy atom. The van der Waals surface area contributed by atoms with E-state index in [1.165, 1.54) is 4.31 Å². The standard InChI is InChI=1S/C23H31N3O4S/c1-7-20(26(31(6,29)30)21-14-16(4)12-13-17(21)5)23(28)25-19-11-9-8-10-18(19)22(27)24-15(2)3/h8-15,20H,7H2,1-6H3,(H,24,27)(H,25,28). The number of hydrogen-bond donors (Lipinski definition) is 2. The van der Waals surface area contributed by atoms with Crippen molar-refractivity contribution in [1.29, 1.82) is 0 Å². The van der Waals surface area contributed by atoms with Crippen LogP contribution in [0.2, 0.25) is 0 Å². The minimum atomic E-state index is -3.75. The highest BCUT2D eigenvalue weighted by molar-refractivity contribution is 7.92. The molecule has 2 rings (SSSR count). The summed E-state index contributed by atoms with van der Waals surface area (Å²) < 4.78 is 26.6. The minimum Gasteiger partial charge on any atom is -0.350 e. The fraction of sp³-hybridized carbons (Fsp3) is 0.391. The number of nitrogens with zero attached hydrogens (tertiary/aromatic N) is 1. The van der Waals surface area contributed by atoms with Gasteiger partial charge in [-0.15, -0.1) is 0 Å². The number of aryl methyl sites for hydroxylation is 2. The molecule has 0 spiro atoms. The van der Waals surface area contributed by atoms with Crippen LogP contribution in [0.3, 0.4) is 0 Å². The third-order valence-electron chi connectivity index (χ3n) is 4.78. The number of sulfonamides is 1. The second-order valence-electron chi connectivity index (χ2n) is 7.94. The number of rotatable bonds is 8. The molecule has 0 aromatic heterocycles. The highest BCUT2D eigenvalue weighted by Crippen LogP contribution is 2.28. The van der Waals surface area contributed by atoms with Gasteiger partial charge in [0, 0.05) is 6.04 Å². The molecule has 1 unspecified atom stereocenters. The number of para-hydroxylation sites is 1. The highest BCUT2D eigenvalue weighted by Gasteiger charge is 2.33. The van der Waals surface area contributed by atoms with Gasteiger partial charge < -0.3 is 10.6 Å². The zero-order chi connectivity index (χ0) is 23.3. The van der Waals surface area contributed by atoms with E-state index in [0.717, 1.165) is 17.4 Å². The first-order valence-corrected chi connectivity index (χ1v) is 12.1. The Labute approximate surface area is 184 Å². The minimum absolute atomic E-state index is 0.0651. The summed E-state index contributed by atoms with van der Waals surface area (Å²) in [6, 6.07) is 11.1. The predicted molar refractivity (Wildman–Crippen MR) is 125 cm³/mol.